The van der Waals surface area contributed by atoms with Crippen LogP contribution in [0.3, 0.4) is 0 Å². The highest BCUT2D eigenvalue weighted by Crippen LogP contribution is 2.18. The van der Waals surface area contributed by atoms with Crippen LogP contribution in [0.15, 0.2) is 24.5 Å². The first-order valence-corrected chi connectivity index (χ1v) is 8.87. The lowest BCUT2D eigenvalue weighted by molar-refractivity contribution is 0.237. The van der Waals surface area contributed by atoms with Gasteiger partial charge in [-0.15, -0.1) is 0 Å². The van der Waals surface area contributed by atoms with Crippen LogP contribution < -0.4 is 10.6 Å². The monoisotopic (exact) mass is 340 g/mol. The highest BCUT2D eigenvalue weighted by molar-refractivity contribution is 5.59. The molecule has 0 aliphatic carbocycles. The van der Waals surface area contributed by atoms with Crippen molar-refractivity contribution < 1.29 is 0 Å². The van der Waals surface area contributed by atoms with E-state index in [1.165, 1.54) is 32.4 Å². The smallest absolute Gasteiger partial charge is 0.216 e. The van der Waals surface area contributed by atoms with Gasteiger partial charge < -0.3 is 15.5 Å². The van der Waals surface area contributed by atoms with E-state index in [-0.39, 0.29) is 0 Å². The molecule has 3 aromatic heterocycles. The number of fused-ring (bicyclic) bond motifs is 1. The summed E-state index contributed by atoms with van der Waals surface area (Å²) in [4.78, 5) is 11.6. The van der Waals surface area contributed by atoms with Gasteiger partial charge in [0, 0.05) is 43.3 Å². The Bertz CT molecular complexity index is 830. The highest BCUT2D eigenvalue weighted by Gasteiger charge is 2.11. The van der Waals surface area contributed by atoms with E-state index in [4.69, 9.17) is 0 Å². The summed E-state index contributed by atoms with van der Waals surface area (Å²) in [7, 11) is 0. The van der Waals surface area contributed by atoms with Crippen molar-refractivity contribution in [1.82, 2.24) is 29.5 Å². The molecule has 1 saturated heterocycles. The van der Waals surface area contributed by atoms with Gasteiger partial charge in [-0.25, -0.2) is 4.98 Å². The third-order valence-corrected chi connectivity index (χ3v) is 4.52. The molecule has 1 aliphatic rings. The van der Waals surface area contributed by atoms with E-state index in [1.54, 1.807) is 6.20 Å². The van der Waals surface area contributed by atoms with Gasteiger partial charge in [-0.3, -0.25) is 9.50 Å². The van der Waals surface area contributed by atoms with Gasteiger partial charge in [-0.05, 0) is 32.9 Å². The molecule has 25 heavy (non-hydrogen) atoms. The number of nitrogens with zero attached hydrogens (tertiary/aromatic N) is 5. The third kappa shape index (κ3) is 3.74. The van der Waals surface area contributed by atoms with E-state index in [9.17, 15) is 0 Å². The molecule has 0 radical (unpaired) electrons. The number of hydrogen-bond donors (Lipinski definition) is 3. The van der Waals surface area contributed by atoms with Gasteiger partial charge in [-0.2, -0.15) is 10.1 Å². The average Bonchev–Trinajstić information content (AvgIpc) is 3.25. The Morgan fingerprint density at radius 3 is 2.84 bits per heavy atom. The summed E-state index contributed by atoms with van der Waals surface area (Å²) in [5.74, 6) is 2.26. The summed E-state index contributed by atoms with van der Waals surface area (Å²) in [5, 5.41) is 13.8. The van der Waals surface area contributed by atoms with Crippen molar-refractivity contribution in [3.63, 3.8) is 0 Å². The summed E-state index contributed by atoms with van der Waals surface area (Å²) in [6, 6.07) is 3.91. The summed E-state index contributed by atoms with van der Waals surface area (Å²) < 4.78 is 1.92. The normalized spacial score (nSPS) is 15.6. The fraction of sp³-hybridized carbons (Fsp3) is 0.471. The van der Waals surface area contributed by atoms with Crippen molar-refractivity contribution in [1.29, 1.82) is 0 Å². The van der Waals surface area contributed by atoms with Crippen LogP contribution >= 0.6 is 0 Å². The minimum absolute atomic E-state index is 0.696. The fourth-order valence-electron chi connectivity index (χ4n) is 3.22. The van der Waals surface area contributed by atoms with Gasteiger partial charge in [0.05, 0.1) is 0 Å². The number of aryl methyl sites for hydroxylation is 1. The minimum atomic E-state index is 0.696. The second kappa shape index (κ2) is 7.10. The molecule has 0 amide bonds. The molecule has 4 rings (SSSR count). The number of piperidine rings is 1. The Morgan fingerprint density at radius 2 is 2.04 bits per heavy atom. The number of nitrogens with one attached hydrogen (secondary N) is 3. The van der Waals surface area contributed by atoms with Crippen molar-refractivity contribution in [3.05, 3.63) is 30.2 Å². The SMILES string of the molecule is Cc1cc(Nc2nc(NCCN3CCCCC3)cc3nccn23)n[nH]1. The standard InChI is InChI=1S/C17H24N8/c1-13-11-15(23-22-13)21-17-20-14(12-16-19-6-10-25(16)17)18-5-9-24-7-3-2-4-8-24/h6,10-12,18H,2-5,7-9H2,1H3,(H2,20,21,22,23). The number of anilines is 3. The van der Waals surface area contributed by atoms with E-state index < -0.39 is 0 Å². The first-order valence-electron chi connectivity index (χ1n) is 8.87. The van der Waals surface area contributed by atoms with Gasteiger partial charge >= 0.3 is 0 Å². The number of H-pyrrole nitrogens is 1. The van der Waals surface area contributed by atoms with Crippen molar-refractivity contribution in [2.45, 2.75) is 26.2 Å². The molecule has 8 nitrogen and oxygen atoms in total. The zero-order valence-electron chi connectivity index (χ0n) is 14.5. The molecule has 0 atom stereocenters. The molecule has 132 valence electrons. The van der Waals surface area contributed by atoms with Gasteiger partial charge in [-0.1, -0.05) is 6.42 Å². The molecule has 4 heterocycles. The molecular formula is C17H24N8. The van der Waals surface area contributed by atoms with Crippen LogP contribution in [0, 0.1) is 6.92 Å². The van der Waals surface area contributed by atoms with Crippen LogP contribution in [0.1, 0.15) is 25.0 Å². The summed E-state index contributed by atoms with van der Waals surface area (Å²) in [6.07, 6.45) is 7.66. The van der Waals surface area contributed by atoms with Crippen molar-refractivity contribution in [2.75, 3.05) is 36.8 Å². The number of likely N-dealkylation sites (tertiary alicyclic amines) is 1. The number of hydrogen-bond acceptors (Lipinski definition) is 6. The number of aromatic amines is 1. The van der Waals surface area contributed by atoms with Crippen molar-refractivity contribution >= 4 is 23.2 Å². The Kier molecular flexibility index (Phi) is 4.51. The van der Waals surface area contributed by atoms with E-state index in [0.29, 0.717) is 5.95 Å². The van der Waals surface area contributed by atoms with E-state index in [2.05, 4.69) is 35.7 Å². The first kappa shape index (κ1) is 15.9. The molecule has 0 saturated carbocycles. The molecule has 0 unspecified atom stereocenters. The Morgan fingerprint density at radius 1 is 1.16 bits per heavy atom. The predicted octanol–water partition coefficient (Wildman–Crippen LogP) is 2.40. The van der Waals surface area contributed by atoms with Crippen LogP contribution in [-0.4, -0.2) is 55.6 Å². The lowest BCUT2D eigenvalue weighted by Crippen LogP contribution is -2.33. The highest BCUT2D eigenvalue weighted by atomic mass is 15.3. The molecule has 1 fully saturated rings. The maximum absolute atomic E-state index is 4.69. The van der Waals surface area contributed by atoms with Gasteiger partial charge in [0.25, 0.3) is 0 Å². The van der Waals surface area contributed by atoms with Gasteiger partial charge in [0.15, 0.2) is 5.82 Å². The largest absolute Gasteiger partial charge is 0.369 e. The van der Waals surface area contributed by atoms with Crippen molar-refractivity contribution in [3.8, 4) is 0 Å². The maximum Gasteiger partial charge on any atom is 0.216 e. The van der Waals surface area contributed by atoms with E-state index >= 15 is 0 Å². The van der Waals surface area contributed by atoms with E-state index in [1.807, 2.05) is 29.7 Å². The van der Waals surface area contributed by atoms with Crippen LogP contribution in [-0.2, 0) is 0 Å². The zero-order chi connectivity index (χ0) is 17.1. The fourth-order valence-corrected chi connectivity index (χ4v) is 3.22. The number of rotatable bonds is 6. The molecular weight excluding hydrogens is 316 g/mol. The third-order valence-electron chi connectivity index (χ3n) is 4.52. The average molecular weight is 340 g/mol. The number of imidazole rings is 1. The second-order valence-electron chi connectivity index (χ2n) is 6.51. The Hall–Kier alpha value is -2.61. The molecule has 3 N–H and O–H groups in total. The maximum atomic E-state index is 4.69. The lowest BCUT2D eigenvalue weighted by atomic mass is 10.1. The second-order valence-corrected chi connectivity index (χ2v) is 6.51. The Labute approximate surface area is 146 Å². The lowest BCUT2D eigenvalue weighted by Gasteiger charge is -2.26. The molecule has 1 aliphatic heterocycles. The molecule has 3 aromatic rings. The van der Waals surface area contributed by atoms with Crippen LogP contribution in [0.25, 0.3) is 5.65 Å². The van der Waals surface area contributed by atoms with Gasteiger partial charge in [0.1, 0.15) is 11.5 Å². The predicted molar refractivity (Wildman–Crippen MR) is 98.4 cm³/mol. The van der Waals surface area contributed by atoms with Crippen LogP contribution in [0.5, 0.6) is 0 Å². The van der Waals surface area contributed by atoms with Crippen LogP contribution in [0.2, 0.25) is 0 Å². The summed E-state index contributed by atoms with van der Waals surface area (Å²) in [6.45, 7) is 6.31. The summed E-state index contributed by atoms with van der Waals surface area (Å²) >= 11 is 0. The molecule has 0 bridgehead atoms. The zero-order valence-corrected chi connectivity index (χ0v) is 14.5. The van der Waals surface area contributed by atoms with Crippen molar-refractivity contribution in [2.24, 2.45) is 0 Å². The first-order chi connectivity index (χ1) is 12.3. The number of aromatic nitrogens is 5. The topological polar surface area (TPSA) is 86.2 Å². The van der Waals surface area contributed by atoms with Crippen LogP contribution in [0.4, 0.5) is 17.6 Å². The van der Waals surface area contributed by atoms with E-state index in [0.717, 1.165) is 36.1 Å². The summed E-state index contributed by atoms with van der Waals surface area (Å²) in [5.41, 5.74) is 1.85. The molecule has 0 spiro atoms. The van der Waals surface area contributed by atoms with Gasteiger partial charge in [0.2, 0.25) is 5.95 Å². The Balaban J connectivity index is 1.47. The minimum Gasteiger partial charge on any atom is -0.369 e. The molecule has 0 aromatic carbocycles. The molecule has 8 heteroatoms. The quantitative estimate of drug-likeness (QED) is 0.639.